The first-order valence-corrected chi connectivity index (χ1v) is 12.9. The average Bonchev–Trinajstić information content (AvgIpc) is 2.82. The zero-order valence-electron chi connectivity index (χ0n) is 21.9. The van der Waals surface area contributed by atoms with Crippen molar-refractivity contribution in [3.63, 3.8) is 0 Å². The van der Waals surface area contributed by atoms with Crippen molar-refractivity contribution in [2.45, 2.75) is 127 Å². The Labute approximate surface area is 217 Å². The molecule has 12 heteroatoms. The van der Waals surface area contributed by atoms with Gasteiger partial charge in [0.2, 0.25) is 0 Å². The first-order valence-electron chi connectivity index (χ1n) is 12.9. The molecule has 0 saturated carbocycles. The summed E-state index contributed by atoms with van der Waals surface area (Å²) >= 11 is 0. The third-order valence-electron chi connectivity index (χ3n) is 7.68. The van der Waals surface area contributed by atoms with E-state index in [2.05, 4.69) is 13.8 Å². The van der Waals surface area contributed by atoms with Crippen molar-refractivity contribution in [3.8, 4) is 0 Å². The van der Waals surface area contributed by atoms with E-state index < -0.39 is 80.7 Å². The molecule has 12 nitrogen and oxygen atoms in total. The van der Waals surface area contributed by atoms with Crippen LogP contribution in [0.4, 0.5) is 0 Å². The number of hydrogen-bond donors (Lipinski definition) is 8. The van der Waals surface area contributed by atoms with Gasteiger partial charge in [-0.25, -0.2) is 0 Å². The van der Waals surface area contributed by atoms with E-state index >= 15 is 0 Å². The summed E-state index contributed by atoms with van der Waals surface area (Å²) in [6.45, 7) is 6.93. The van der Waals surface area contributed by atoms with Crippen LogP contribution in [-0.4, -0.2) is 128 Å². The Balaban J connectivity index is 1.64. The van der Waals surface area contributed by atoms with Gasteiger partial charge in [0, 0.05) is 0 Å². The fraction of sp³-hybridized carbons (Fsp3) is 0.920. The van der Waals surface area contributed by atoms with E-state index in [9.17, 15) is 40.9 Å². The monoisotopic (exact) mass is 536 g/mol. The maximum atomic E-state index is 10.5. The van der Waals surface area contributed by atoms with Crippen LogP contribution in [0.3, 0.4) is 0 Å². The summed E-state index contributed by atoms with van der Waals surface area (Å²) in [6, 6.07) is 0. The number of ether oxygens (including phenoxy) is 4. The van der Waals surface area contributed by atoms with E-state index in [1.807, 2.05) is 6.92 Å². The summed E-state index contributed by atoms with van der Waals surface area (Å²) in [7, 11) is 0. The summed E-state index contributed by atoms with van der Waals surface area (Å²) in [6.07, 6.45) is -12.6. The maximum absolute atomic E-state index is 10.5. The van der Waals surface area contributed by atoms with Gasteiger partial charge in [-0.15, -0.1) is 0 Å². The van der Waals surface area contributed by atoms with E-state index in [4.69, 9.17) is 18.9 Å². The number of hydrogen-bond acceptors (Lipinski definition) is 12. The lowest BCUT2D eigenvalue weighted by atomic mass is 9.70. The fourth-order valence-electron chi connectivity index (χ4n) is 5.56. The topological polar surface area (TPSA) is 199 Å². The zero-order chi connectivity index (χ0) is 27.7. The highest BCUT2D eigenvalue weighted by Gasteiger charge is 2.48. The smallest absolute Gasteiger partial charge is 0.186 e. The van der Waals surface area contributed by atoms with Gasteiger partial charge in [0.15, 0.2) is 12.6 Å². The molecule has 37 heavy (non-hydrogen) atoms. The first kappa shape index (κ1) is 30.8. The molecule has 1 aliphatic carbocycles. The van der Waals surface area contributed by atoms with Gasteiger partial charge >= 0.3 is 0 Å². The number of allylic oxidation sites excluding steroid dienone is 1. The molecule has 3 aliphatic rings. The minimum atomic E-state index is -1.64. The average molecular weight is 537 g/mol. The lowest BCUT2D eigenvalue weighted by molar-refractivity contribution is -0.336. The molecule has 216 valence electrons. The van der Waals surface area contributed by atoms with Crippen LogP contribution in [0, 0.1) is 5.41 Å². The second-order valence-corrected chi connectivity index (χ2v) is 11.2. The van der Waals surface area contributed by atoms with Crippen LogP contribution < -0.4 is 0 Å². The predicted octanol–water partition coefficient (Wildman–Crippen LogP) is -1.71. The molecule has 1 unspecified atom stereocenters. The van der Waals surface area contributed by atoms with Crippen LogP contribution in [0.15, 0.2) is 11.1 Å². The van der Waals surface area contributed by atoms with E-state index in [1.165, 1.54) is 5.57 Å². The second kappa shape index (κ2) is 12.6. The zero-order valence-corrected chi connectivity index (χ0v) is 21.9. The molecule has 0 aromatic rings. The Kier molecular flexibility index (Phi) is 10.5. The molecule has 3 rings (SSSR count). The summed E-state index contributed by atoms with van der Waals surface area (Å²) < 4.78 is 22.6. The van der Waals surface area contributed by atoms with Gasteiger partial charge in [-0.3, -0.25) is 0 Å². The van der Waals surface area contributed by atoms with Crippen molar-refractivity contribution < 1.29 is 59.8 Å². The van der Waals surface area contributed by atoms with Crippen molar-refractivity contribution in [1.29, 1.82) is 0 Å². The van der Waals surface area contributed by atoms with Crippen molar-refractivity contribution >= 4 is 0 Å². The Hall–Kier alpha value is -0.740. The van der Waals surface area contributed by atoms with Gasteiger partial charge in [-0.2, -0.15) is 0 Å². The molecule has 0 bridgehead atoms. The Morgan fingerprint density at radius 1 is 0.892 bits per heavy atom. The highest BCUT2D eigenvalue weighted by molar-refractivity contribution is 5.24. The van der Waals surface area contributed by atoms with Gasteiger partial charge in [0.25, 0.3) is 0 Å². The summed E-state index contributed by atoms with van der Waals surface area (Å²) in [4.78, 5) is 0. The predicted molar refractivity (Wildman–Crippen MR) is 128 cm³/mol. The molecule has 2 aliphatic heterocycles. The number of rotatable bonds is 9. The second-order valence-electron chi connectivity index (χ2n) is 11.2. The van der Waals surface area contributed by atoms with Gasteiger partial charge in [-0.1, -0.05) is 25.0 Å². The van der Waals surface area contributed by atoms with Crippen LogP contribution in [0.25, 0.3) is 0 Å². The van der Waals surface area contributed by atoms with E-state index in [0.717, 1.165) is 12.0 Å². The molecule has 2 fully saturated rings. The SMILES string of the molecule is CC1=C(CCC(C)O)C(C)(C)C[C@@H](O[C@@H]2O[C@H](CO[C@@H]3O[C@H](CO)[C@@H](O)[C@H](O)[C@H]3O)[C@@H](O)[C@H](O)[C@H]2O)C1. The summed E-state index contributed by atoms with van der Waals surface area (Å²) in [5.74, 6) is 0. The summed E-state index contributed by atoms with van der Waals surface area (Å²) in [5, 5.41) is 80.5. The summed E-state index contributed by atoms with van der Waals surface area (Å²) in [5.41, 5.74) is 2.18. The lowest BCUT2D eigenvalue weighted by Crippen LogP contribution is -2.62. The quantitative estimate of drug-likeness (QED) is 0.156. The van der Waals surface area contributed by atoms with E-state index in [1.54, 1.807) is 6.92 Å². The highest BCUT2D eigenvalue weighted by atomic mass is 16.7. The van der Waals surface area contributed by atoms with Crippen LogP contribution in [0.5, 0.6) is 0 Å². The van der Waals surface area contributed by atoms with Gasteiger partial charge < -0.3 is 59.8 Å². The highest BCUT2D eigenvalue weighted by Crippen LogP contribution is 2.44. The number of aliphatic hydroxyl groups is 8. The van der Waals surface area contributed by atoms with Gasteiger partial charge in [0.1, 0.15) is 48.8 Å². The number of aliphatic hydroxyl groups excluding tert-OH is 8. The van der Waals surface area contributed by atoms with Crippen molar-refractivity contribution in [2.75, 3.05) is 13.2 Å². The van der Waals surface area contributed by atoms with Gasteiger partial charge in [0.05, 0.1) is 25.4 Å². The van der Waals surface area contributed by atoms with E-state index in [0.29, 0.717) is 19.3 Å². The minimum Gasteiger partial charge on any atom is -0.394 e. The largest absolute Gasteiger partial charge is 0.394 e. The van der Waals surface area contributed by atoms with Crippen molar-refractivity contribution in [1.82, 2.24) is 0 Å². The fourth-order valence-corrected chi connectivity index (χ4v) is 5.56. The molecule has 12 atom stereocenters. The molecular weight excluding hydrogens is 492 g/mol. The molecular formula is C25H44O12. The molecule has 0 amide bonds. The lowest BCUT2D eigenvalue weighted by Gasteiger charge is -2.45. The Bertz CT molecular complexity index is 771. The van der Waals surface area contributed by atoms with Crippen molar-refractivity contribution in [2.24, 2.45) is 5.41 Å². The Morgan fingerprint density at radius 2 is 1.46 bits per heavy atom. The van der Waals surface area contributed by atoms with Crippen molar-refractivity contribution in [3.05, 3.63) is 11.1 Å². The maximum Gasteiger partial charge on any atom is 0.186 e. The third-order valence-corrected chi connectivity index (χ3v) is 7.68. The standard InChI is InChI=1S/C25H44O12/c1-11-7-13(8-25(3,4)14(11)6-5-12(2)27)35-24-22(33)20(31)18(29)16(37-24)10-34-23-21(32)19(30)17(28)15(9-26)36-23/h12-13,15-24,26-33H,5-10H2,1-4H3/t12?,13-,15+,16+,17+,18+,19-,20-,21+,22+,23+,24+/m0/s1. The first-order chi connectivity index (χ1) is 17.3. The third kappa shape index (κ3) is 7.07. The van der Waals surface area contributed by atoms with Crippen LogP contribution in [-0.2, 0) is 18.9 Å². The normalized spacial score (nSPS) is 43.6. The van der Waals surface area contributed by atoms with Crippen LogP contribution >= 0.6 is 0 Å². The van der Waals surface area contributed by atoms with Gasteiger partial charge in [-0.05, 0) is 44.9 Å². The molecule has 0 radical (unpaired) electrons. The Morgan fingerprint density at radius 3 is 2.03 bits per heavy atom. The van der Waals surface area contributed by atoms with Crippen LogP contribution in [0.1, 0.15) is 53.4 Å². The minimum absolute atomic E-state index is 0.217. The molecule has 0 aromatic carbocycles. The van der Waals surface area contributed by atoms with E-state index in [-0.39, 0.29) is 11.5 Å². The van der Waals surface area contributed by atoms with Crippen LogP contribution in [0.2, 0.25) is 0 Å². The molecule has 0 spiro atoms. The molecule has 8 N–H and O–H groups in total. The molecule has 2 heterocycles. The molecule has 2 saturated heterocycles. The molecule has 0 aromatic heterocycles.